The fourth-order valence-corrected chi connectivity index (χ4v) is 0. The molecule has 48 valence electrons. The molecule has 0 aromatic heterocycles. The van der Waals surface area contributed by atoms with Gasteiger partial charge >= 0.3 is 87.7 Å². The molecule has 0 spiro atoms. The third-order valence-corrected chi connectivity index (χ3v) is 0. The van der Waals surface area contributed by atoms with Gasteiger partial charge in [-0.3, -0.25) is 0 Å². The van der Waals surface area contributed by atoms with Gasteiger partial charge in [-0.2, -0.15) is 0 Å². The molecule has 0 aliphatic carbocycles. The van der Waals surface area contributed by atoms with Crippen LogP contribution in [0.2, 0.25) is 0 Å². The van der Waals surface area contributed by atoms with Gasteiger partial charge in [-0.05, 0) is 0 Å². The molecule has 0 heterocycles. The Morgan fingerprint density at radius 1 is 0.700 bits per heavy atom. The van der Waals surface area contributed by atoms with Crippen molar-refractivity contribution in [2.24, 2.45) is 0 Å². The zero-order chi connectivity index (χ0) is 8.12. The van der Waals surface area contributed by atoms with Crippen LogP contribution in [0, 0.1) is 0 Å². The van der Waals surface area contributed by atoms with Crippen molar-refractivity contribution in [3.8, 4) is 0 Å². The Bertz CT molecular complexity index is 46.5. The molecular weight excluding hydrogens is 204 g/mol. The van der Waals surface area contributed by atoms with Gasteiger partial charge in [0, 0.05) is 0 Å². The maximum absolute atomic E-state index is 8.46. The second kappa shape index (κ2) is 51.3. The summed E-state index contributed by atoms with van der Waals surface area (Å²) in [5.74, 6) is 0. The third kappa shape index (κ3) is 649. The Hall–Kier alpha value is 0.930. The van der Waals surface area contributed by atoms with Crippen LogP contribution in [0.4, 0.5) is 0 Å². The molecule has 10 heteroatoms. The fraction of sp³-hybridized carbons (Fsp3) is 0. The van der Waals surface area contributed by atoms with Gasteiger partial charge in [0.1, 0.15) is 0 Å². The normalized spacial score (nSPS) is 2.40. The molecule has 0 aliphatic rings. The van der Waals surface area contributed by atoms with Gasteiger partial charge in [0.25, 0.3) is 0 Å². The van der Waals surface area contributed by atoms with E-state index in [4.69, 9.17) is 23.9 Å². The van der Waals surface area contributed by atoms with Gasteiger partial charge in [0.15, 0.2) is 0 Å². The van der Waals surface area contributed by atoms with Crippen molar-refractivity contribution >= 4 is 63.8 Å². The molecule has 0 aliphatic heterocycles. The van der Waals surface area contributed by atoms with Crippen LogP contribution < -0.4 is 12.5 Å². The molecule has 0 fully saturated rings. The van der Waals surface area contributed by atoms with Gasteiger partial charge in [-0.15, -0.1) is 0 Å². The van der Waals surface area contributed by atoms with Crippen LogP contribution in [0.1, 0.15) is 0 Å². The van der Waals surface area contributed by atoms with Crippen LogP contribution in [0.15, 0.2) is 0 Å². The van der Waals surface area contributed by atoms with Gasteiger partial charge < -0.3 is 0 Å². The van der Waals surface area contributed by atoms with E-state index in [9.17, 15) is 0 Å². The first kappa shape index (κ1) is 22.4. The van der Waals surface area contributed by atoms with Gasteiger partial charge in [-0.25, -0.2) is 0 Å². The van der Waals surface area contributed by atoms with E-state index < -0.39 is 46.5 Å². The molecule has 10 heavy (non-hydrogen) atoms. The van der Waals surface area contributed by atoms with Crippen molar-refractivity contribution in [3.63, 3.8) is 0 Å². The molecule has 0 bridgehead atoms. The van der Waals surface area contributed by atoms with Crippen LogP contribution in [0.5, 0.6) is 0 Å². The van der Waals surface area contributed by atoms with E-state index in [1.807, 2.05) is 0 Å². The van der Waals surface area contributed by atoms with Crippen LogP contribution >= 0.6 is 0 Å². The molecule has 6 nitrogen and oxygen atoms in total. The van der Waals surface area contributed by atoms with Crippen LogP contribution in [-0.4, -0.2) is 63.8 Å². The Labute approximate surface area is 87.2 Å². The first-order chi connectivity index (χ1) is 4.24. The summed E-state index contributed by atoms with van der Waals surface area (Å²) in [5, 5.41) is 0. The van der Waals surface area contributed by atoms with Crippen molar-refractivity contribution in [3.05, 3.63) is 0 Å². The molecule has 0 amide bonds. The summed E-state index contributed by atoms with van der Waals surface area (Å²) in [6, 6.07) is 0. The van der Waals surface area contributed by atoms with Crippen molar-refractivity contribution in [1.29, 1.82) is 0 Å². The summed E-state index contributed by atoms with van der Waals surface area (Å²) < 4.78 is 50.8. The van der Waals surface area contributed by atoms with E-state index in [0.29, 0.717) is 0 Å². The third-order valence-electron chi connectivity index (χ3n) is 0. The Balaban J connectivity index is -0.0000000257. The second-order valence-corrected chi connectivity index (χ2v) is 0.866. The molecule has 0 saturated carbocycles. The van der Waals surface area contributed by atoms with E-state index in [2.05, 4.69) is 0 Å². The van der Waals surface area contributed by atoms with Gasteiger partial charge in [0.05, 0.1) is 0 Å². The molecule has 0 atom stereocenters. The quantitative estimate of drug-likeness (QED) is 0.363. The van der Waals surface area contributed by atoms with Gasteiger partial charge in [-0.1, -0.05) is 0 Å². The van der Waals surface area contributed by atoms with Crippen LogP contribution in [-0.2, 0) is 11.4 Å². The number of hydrogen-bond donors (Lipinski definition) is 0. The minimum absolute atomic E-state index is 0. The summed E-state index contributed by atoms with van der Waals surface area (Å²) in [6.45, 7) is 0. The second-order valence-electron chi connectivity index (χ2n) is 0.289. The minimum atomic E-state index is -1.75. The van der Waals surface area contributed by atoms with E-state index in [-0.39, 0.29) is 17.4 Å². The molecular formula is Al4O6. The Morgan fingerprint density at radius 3 is 0.700 bits per heavy atom. The first-order valence-corrected chi connectivity index (χ1v) is 4.24. The molecule has 0 aromatic carbocycles. The van der Waals surface area contributed by atoms with Crippen molar-refractivity contribution in [2.45, 2.75) is 0 Å². The average molecular weight is 204 g/mol. The summed E-state index contributed by atoms with van der Waals surface area (Å²) in [6.07, 6.45) is 0. The number of rotatable bonds is 0. The predicted octanol–water partition coefficient (Wildman–Crippen LogP) is -5.45. The predicted molar refractivity (Wildman–Crippen MR) is 25.1 cm³/mol. The standard InChI is InChI=1S/4Al.6O/q;;;+3;;;;3*-1. The van der Waals surface area contributed by atoms with E-state index in [0.717, 1.165) is 0 Å². The SMILES string of the molecule is [Al+3].[O]=[Al][O-].[O]=[Al][O-].[O]=[Al][O-]. The molecule has 0 rings (SSSR count). The summed E-state index contributed by atoms with van der Waals surface area (Å²) in [4.78, 5) is 0. The monoisotopic (exact) mass is 204 g/mol. The van der Waals surface area contributed by atoms with Crippen molar-refractivity contribution in [1.82, 2.24) is 0 Å². The van der Waals surface area contributed by atoms with E-state index in [1.165, 1.54) is 0 Å². The molecule has 0 radical (unpaired) electrons. The van der Waals surface area contributed by atoms with Crippen LogP contribution in [0.3, 0.4) is 0 Å². The van der Waals surface area contributed by atoms with E-state index in [1.54, 1.807) is 0 Å². The summed E-state index contributed by atoms with van der Waals surface area (Å²) in [5.41, 5.74) is 0. The molecule has 0 aromatic rings. The van der Waals surface area contributed by atoms with E-state index >= 15 is 0 Å². The Morgan fingerprint density at radius 2 is 0.700 bits per heavy atom. The summed E-state index contributed by atoms with van der Waals surface area (Å²) in [7, 11) is 0. The summed E-state index contributed by atoms with van der Waals surface area (Å²) >= 11 is -5.25. The number of hydrogen-bond acceptors (Lipinski definition) is 6. The first-order valence-electron chi connectivity index (χ1n) is 1.41. The Kier molecular flexibility index (Phi) is 115. The topological polar surface area (TPSA) is 120 Å². The molecule has 0 unspecified atom stereocenters. The molecule has 0 N–H and O–H groups in total. The van der Waals surface area contributed by atoms with Crippen molar-refractivity contribution < 1.29 is 23.9 Å². The molecule has 0 saturated heterocycles. The zero-order valence-corrected chi connectivity index (χ0v) is 9.38. The van der Waals surface area contributed by atoms with Gasteiger partial charge in [0.2, 0.25) is 0 Å². The zero-order valence-electron chi connectivity index (χ0n) is 4.76. The maximum atomic E-state index is 8.46. The van der Waals surface area contributed by atoms with Crippen molar-refractivity contribution in [2.75, 3.05) is 0 Å². The fourth-order valence-electron chi connectivity index (χ4n) is 0. The average Bonchev–Trinajstić information content (AvgIpc) is 1.70. The van der Waals surface area contributed by atoms with Crippen LogP contribution in [0.25, 0.3) is 0 Å².